The Morgan fingerprint density at radius 1 is 0.704 bits per heavy atom. The van der Waals surface area contributed by atoms with Gasteiger partial charge in [-0.2, -0.15) is 0 Å². The summed E-state index contributed by atoms with van der Waals surface area (Å²) in [5, 5.41) is 31.0. The number of hydrogen-bond acceptors (Lipinski definition) is 4. The molecule has 0 aliphatic heterocycles. The number of phenols is 3. The van der Waals surface area contributed by atoms with Crippen LogP contribution in [0, 0.1) is 6.92 Å². The summed E-state index contributed by atoms with van der Waals surface area (Å²) in [5.41, 5.74) is 2.64. The Kier molecular flexibility index (Phi) is 4.09. The van der Waals surface area contributed by atoms with E-state index in [9.17, 15) is 15.3 Å². The number of phenolic OH excluding ortho intramolecular Hbond substituents is 3. The van der Waals surface area contributed by atoms with Gasteiger partial charge in [-0.1, -0.05) is 18.2 Å². The van der Waals surface area contributed by atoms with Crippen molar-refractivity contribution in [2.45, 2.75) is 6.92 Å². The molecule has 134 valence electrons. The summed E-state index contributed by atoms with van der Waals surface area (Å²) in [6.45, 7) is 1.96. The van der Waals surface area contributed by atoms with Crippen LogP contribution in [0.25, 0.3) is 21.9 Å². The van der Waals surface area contributed by atoms with Gasteiger partial charge in [0.15, 0.2) is 0 Å². The van der Waals surface area contributed by atoms with Gasteiger partial charge < -0.3 is 20.1 Å². The predicted octanol–water partition coefficient (Wildman–Crippen LogP) is 5.72. The molecule has 0 radical (unpaired) electrons. The van der Waals surface area contributed by atoms with Crippen molar-refractivity contribution in [1.29, 1.82) is 0 Å². The first kappa shape index (κ1) is 16.8. The average molecular weight is 358 g/mol. The van der Waals surface area contributed by atoms with Crippen molar-refractivity contribution in [3.05, 3.63) is 78.4 Å². The standard InChI is InChI=1S/C23H18O4/c1-14-11-16-13-19(26)7-10-21(16)23(27-20-8-5-17(24)6-9-20)22(14)15-3-2-4-18(25)12-15/h2-13,24-26H,1H3. The second-order valence-electron chi connectivity index (χ2n) is 6.45. The molecule has 0 atom stereocenters. The quantitative estimate of drug-likeness (QED) is 0.438. The van der Waals surface area contributed by atoms with Crippen LogP contribution >= 0.6 is 0 Å². The van der Waals surface area contributed by atoms with E-state index in [0.717, 1.165) is 27.5 Å². The molecule has 4 aromatic carbocycles. The molecule has 0 spiro atoms. The van der Waals surface area contributed by atoms with Gasteiger partial charge in [0, 0.05) is 10.9 Å². The highest BCUT2D eigenvalue weighted by Crippen LogP contribution is 2.43. The second kappa shape index (κ2) is 6.57. The van der Waals surface area contributed by atoms with Gasteiger partial charge in [0.1, 0.15) is 28.7 Å². The first-order valence-corrected chi connectivity index (χ1v) is 8.54. The Bertz CT molecular complexity index is 1130. The third kappa shape index (κ3) is 3.25. The smallest absolute Gasteiger partial charge is 0.143 e. The van der Waals surface area contributed by atoms with E-state index in [-0.39, 0.29) is 17.2 Å². The van der Waals surface area contributed by atoms with Crippen molar-refractivity contribution in [2.24, 2.45) is 0 Å². The minimum Gasteiger partial charge on any atom is -0.508 e. The van der Waals surface area contributed by atoms with Crippen molar-refractivity contribution >= 4 is 10.8 Å². The third-order valence-corrected chi connectivity index (χ3v) is 4.46. The van der Waals surface area contributed by atoms with Gasteiger partial charge in [-0.3, -0.25) is 0 Å². The topological polar surface area (TPSA) is 69.9 Å². The molecule has 0 aliphatic rings. The van der Waals surface area contributed by atoms with E-state index in [2.05, 4.69) is 0 Å². The van der Waals surface area contributed by atoms with E-state index in [1.165, 1.54) is 0 Å². The highest BCUT2D eigenvalue weighted by molar-refractivity contribution is 5.97. The lowest BCUT2D eigenvalue weighted by Gasteiger charge is -2.17. The van der Waals surface area contributed by atoms with E-state index in [1.54, 1.807) is 54.6 Å². The van der Waals surface area contributed by atoms with Crippen LogP contribution in [0.3, 0.4) is 0 Å². The molecule has 3 N–H and O–H groups in total. The molecular formula is C23H18O4. The molecule has 4 heteroatoms. The predicted molar refractivity (Wildman–Crippen MR) is 106 cm³/mol. The highest BCUT2D eigenvalue weighted by Gasteiger charge is 2.16. The van der Waals surface area contributed by atoms with Crippen molar-refractivity contribution in [3.63, 3.8) is 0 Å². The van der Waals surface area contributed by atoms with Crippen molar-refractivity contribution in [3.8, 4) is 39.9 Å². The number of ether oxygens (including phenoxy) is 1. The lowest BCUT2D eigenvalue weighted by Crippen LogP contribution is -1.93. The van der Waals surface area contributed by atoms with E-state index in [1.807, 2.05) is 25.1 Å². The fourth-order valence-electron chi connectivity index (χ4n) is 3.25. The van der Waals surface area contributed by atoms with Crippen LogP contribution in [0.4, 0.5) is 0 Å². The van der Waals surface area contributed by atoms with Crippen LogP contribution in [-0.4, -0.2) is 15.3 Å². The normalized spacial score (nSPS) is 10.9. The van der Waals surface area contributed by atoms with E-state index in [4.69, 9.17) is 4.74 Å². The zero-order valence-electron chi connectivity index (χ0n) is 14.7. The van der Waals surface area contributed by atoms with E-state index >= 15 is 0 Å². The summed E-state index contributed by atoms with van der Waals surface area (Å²) >= 11 is 0. The zero-order valence-corrected chi connectivity index (χ0v) is 14.7. The number of fused-ring (bicyclic) bond motifs is 1. The molecule has 0 heterocycles. The Labute approximate surface area is 156 Å². The molecule has 0 aliphatic carbocycles. The van der Waals surface area contributed by atoms with Gasteiger partial charge in [-0.15, -0.1) is 0 Å². The minimum atomic E-state index is 0.162. The van der Waals surface area contributed by atoms with Crippen molar-refractivity contribution in [2.75, 3.05) is 0 Å². The summed E-state index contributed by atoms with van der Waals surface area (Å²) < 4.78 is 6.22. The van der Waals surface area contributed by atoms with Crippen LogP contribution in [0.1, 0.15) is 5.56 Å². The van der Waals surface area contributed by atoms with Gasteiger partial charge in [-0.25, -0.2) is 0 Å². The molecule has 4 rings (SSSR count). The maximum atomic E-state index is 9.92. The minimum absolute atomic E-state index is 0.162. The van der Waals surface area contributed by atoms with Crippen LogP contribution < -0.4 is 4.74 Å². The molecule has 0 saturated carbocycles. The largest absolute Gasteiger partial charge is 0.508 e. The molecule has 4 nitrogen and oxygen atoms in total. The Hall–Kier alpha value is -3.66. The fraction of sp³-hybridized carbons (Fsp3) is 0.0435. The van der Waals surface area contributed by atoms with Crippen LogP contribution in [0.5, 0.6) is 28.7 Å². The first-order chi connectivity index (χ1) is 13.0. The highest BCUT2D eigenvalue weighted by atomic mass is 16.5. The van der Waals surface area contributed by atoms with E-state index < -0.39 is 0 Å². The summed E-state index contributed by atoms with van der Waals surface area (Å²) in [7, 11) is 0. The van der Waals surface area contributed by atoms with Gasteiger partial charge in [0.25, 0.3) is 0 Å². The number of aromatic hydroxyl groups is 3. The summed E-state index contributed by atoms with van der Waals surface area (Å²) in [5.74, 6) is 1.72. The molecular weight excluding hydrogens is 340 g/mol. The maximum Gasteiger partial charge on any atom is 0.143 e. The third-order valence-electron chi connectivity index (χ3n) is 4.46. The molecule has 0 saturated heterocycles. The molecule has 27 heavy (non-hydrogen) atoms. The summed E-state index contributed by atoms with van der Waals surface area (Å²) in [6, 6.07) is 20.6. The lowest BCUT2D eigenvalue weighted by molar-refractivity contribution is 0.466. The van der Waals surface area contributed by atoms with Gasteiger partial charge in [0.05, 0.1) is 0 Å². The molecule has 0 fully saturated rings. The molecule has 0 unspecified atom stereocenters. The SMILES string of the molecule is Cc1cc2cc(O)ccc2c(Oc2ccc(O)cc2)c1-c1cccc(O)c1. The molecule has 0 aromatic heterocycles. The Morgan fingerprint density at radius 2 is 1.41 bits per heavy atom. The maximum absolute atomic E-state index is 9.92. The second-order valence-corrected chi connectivity index (χ2v) is 6.45. The van der Waals surface area contributed by atoms with Crippen molar-refractivity contribution < 1.29 is 20.1 Å². The van der Waals surface area contributed by atoms with Gasteiger partial charge in [-0.05, 0) is 78.0 Å². The zero-order chi connectivity index (χ0) is 19.0. The molecule has 0 amide bonds. The Balaban J connectivity index is 1.99. The van der Waals surface area contributed by atoms with Gasteiger partial charge >= 0.3 is 0 Å². The van der Waals surface area contributed by atoms with Crippen LogP contribution in [0.2, 0.25) is 0 Å². The Morgan fingerprint density at radius 3 is 2.15 bits per heavy atom. The number of aryl methyl sites for hydroxylation is 1. The van der Waals surface area contributed by atoms with Crippen molar-refractivity contribution in [1.82, 2.24) is 0 Å². The van der Waals surface area contributed by atoms with Crippen LogP contribution in [-0.2, 0) is 0 Å². The number of hydrogen-bond donors (Lipinski definition) is 3. The fourth-order valence-corrected chi connectivity index (χ4v) is 3.25. The molecule has 0 bridgehead atoms. The number of benzene rings is 4. The lowest BCUT2D eigenvalue weighted by atomic mass is 9.94. The summed E-state index contributed by atoms with van der Waals surface area (Å²) in [6.07, 6.45) is 0. The van der Waals surface area contributed by atoms with Gasteiger partial charge in [0.2, 0.25) is 0 Å². The molecule has 4 aromatic rings. The first-order valence-electron chi connectivity index (χ1n) is 8.54. The van der Waals surface area contributed by atoms with E-state index in [0.29, 0.717) is 11.5 Å². The number of rotatable bonds is 3. The monoisotopic (exact) mass is 358 g/mol. The average Bonchev–Trinajstić information content (AvgIpc) is 2.63. The summed E-state index contributed by atoms with van der Waals surface area (Å²) in [4.78, 5) is 0. The van der Waals surface area contributed by atoms with Crippen LogP contribution in [0.15, 0.2) is 72.8 Å².